The van der Waals surface area contributed by atoms with Gasteiger partial charge in [-0.3, -0.25) is 9.59 Å². The Balaban J connectivity index is 0.00000441. The van der Waals surface area contributed by atoms with Crippen LogP contribution in [0.1, 0.15) is 61.9 Å². The summed E-state index contributed by atoms with van der Waals surface area (Å²) in [6, 6.07) is 16.4. The molecule has 2 unspecified atom stereocenters. The monoisotopic (exact) mass is 634 g/mol. The third-order valence-corrected chi connectivity index (χ3v) is 10.5. The number of carbonyl (C=O) groups excluding carboxylic acids is 2. The number of ether oxygens (including phenoxy) is 1. The zero-order valence-electron chi connectivity index (χ0n) is 24.0. The Hall–Kier alpha value is -2.07. The van der Waals surface area contributed by atoms with Crippen molar-refractivity contribution in [3.63, 3.8) is 0 Å². The van der Waals surface area contributed by atoms with Crippen LogP contribution in [0, 0.1) is 23.3 Å². The van der Waals surface area contributed by atoms with Crippen molar-refractivity contribution in [2.75, 3.05) is 39.5 Å². The van der Waals surface area contributed by atoms with E-state index in [2.05, 4.69) is 39.2 Å². The first kappa shape index (κ1) is 32.4. The predicted octanol–water partition coefficient (Wildman–Crippen LogP) is 5.21. The summed E-state index contributed by atoms with van der Waals surface area (Å²) in [5, 5.41) is 0. The van der Waals surface area contributed by atoms with E-state index in [0.29, 0.717) is 53.9 Å². The number of fused-ring (bicyclic) bond motifs is 2. The lowest BCUT2D eigenvalue weighted by atomic mass is 9.70. The SMILES string of the molecule is Br.CC1(C)C2CCC1(CS(=O)(=O)NCC[CH-][N+](C)(C)CCCOc1ccc(C(=O)c3ccccc3)cc1)C(=O)C2. The highest BCUT2D eigenvalue weighted by molar-refractivity contribution is 8.93. The Labute approximate surface area is 250 Å². The van der Waals surface area contributed by atoms with Gasteiger partial charge in [0.05, 0.1) is 18.9 Å². The fourth-order valence-electron chi connectivity index (χ4n) is 6.32. The van der Waals surface area contributed by atoms with E-state index in [1.807, 2.05) is 30.3 Å². The number of hydrogen-bond donors (Lipinski definition) is 1. The molecule has 9 heteroatoms. The molecule has 2 atom stereocenters. The van der Waals surface area contributed by atoms with Gasteiger partial charge in [-0.1, -0.05) is 44.2 Å². The highest BCUT2D eigenvalue weighted by Gasteiger charge is 2.65. The predicted molar refractivity (Wildman–Crippen MR) is 163 cm³/mol. The number of halogens is 1. The summed E-state index contributed by atoms with van der Waals surface area (Å²) in [5.41, 5.74) is 0.297. The van der Waals surface area contributed by atoms with Gasteiger partial charge < -0.3 is 9.22 Å². The Morgan fingerprint density at radius 1 is 1.07 bits per heavy atom. The Morgan fingerprint density at radius 3 is 2.33 bits per heavy atom. The minimum atomic E-state index is -3.55. The fraction of sp³-hybridized carbons (Fsp3) is 0.516. The summed E-state index contributed by atoms with van der Waals surface area (Å²) >= 11 is 0. The summed E-state index contributed by atoms with van der Waals surface area (Å²) < 4.78 is 35.0. The number of ketones is 2. The van der Waals surface area contributed by atoms with Crippen LogP contribution < -0.4 is 9.46 Å². The fourth-order valence-corrected chi connectivity index (χ4v) is 8.18. The second-order valence-electron chi connectivity index (χ2n) is 12.2. The van der Waals surface area contributed by atoms with Crippen LogP contribution in [-0.4, -0.2) is 64.0 Å². The molecule has 0 heterocycles. The number of Topliss-reactive ketones (excluding diaryl/α,β-unsaturated/α-hetero) is 1. The van der Waals surface area contributed by atoms with Crippen molar-refractivity contribution in [2.24, 2.45) is 16.7 Å². The average Bonchev–Trinajstić information content (AvgIpc) is 3.24. The average molecular weight is 636 g/mol. The second kappa shape index (κ2) is 12.8. The van der Waals surface area contributed by atoms with Crippen LogP contribution in [0.25, 0.3) is 0 Å². The van der Waals surface area contributed by atoms with Gasteiger partial charge >= 0.3 is 0 Å². The molecule has 7 nitrogen and oxygen atoms in total. The van der Waals surface area contributed by atoms with Crippen LogP contribution in [-0.2, 0) is 14.8 Å². The standard InChI is InChI=1S/C31H42N2O5S.BrH/c1-30(2)26-16-17-31(30,28(34)22-26)23-39(36,37)32-18-8-19-33(3,4)20-9-21-38-27-14-12-25(13-15-27)29(35)24-10-6-5-7-11-24;/h5-7,10-15,19,26,32H,8-9,16-18,20-23H2,1-4H3;1H. The smallest absolute Gasteiger partial charge is 0.212 e. The van der Waals surface area contributed by atoms with Crippen molar-refractivity contribution in [2.45, 2.75) is 46.0 Å². The molecule has 0 amide bonds. The molecule has 2 saturated carbocycles. The molecule has 0 radical (unpaired) electrons. The minimum absolute atomic E-state index is 0. The maximum absolute atomic E-state index is 12.9. The molecule has 2 aromatic rings. The van der Waals surface area contributed by atoms with Gasteiger partial charge in [-0.2, -0.15) is 0 Å². The van der Waals surface area contributed by atoms with Crippen LogP contribution in [0.5, 0.6) is 5.75 Å². The first-order chi connectivity index (χ1) is 18.4. The normalized spacial score (nSPS) is 21.7. The lowest BCUT2D eigenvalue weighted by Crippen LogP contribution is -2.45. The van der Waals surface area contributed by atoms with Gasteiger partial charge in [0, 0.05) is 43.5 Å². The van der Waals surface area contributed by atoms with Crippen LogP contribution >= 0.6 is 17.0 Å². The molecule has 4 rings (SSSR count). The van der Waals surface area contributed by atoms with Gasteiger partial charge in [0.2, 0.25) is 10.0 Å². The zero-order valence-corrected chi connectivity index (χ0v) is 26.5. The molecule has 2 aliphatic carbocycles. The van der Waals surface area contributed by atoms with Gasteiger partial charge in [0.25, 0.3) is 0 Å². The van der Waals surface area contributed by atoms with E-state index in [4.69, 9.17) is 4.74 Å². The molecule has 1 N–H and O–H groups in total. The third kappa shape index (κ3) is 7.22. The van der Waals surface area contributed by atoms with Crippen LogP contribution in [0.15, 0.2) is 54.6 Å². The second-order valence-corrected chi connectivity index (χ2v) is 14.0. The molecule has 220 valence electrons. The number of sulfonamides is 1. The topological polar surface area (TPSA) is 89.5 Å². The summed E-state index contributed by atoms with van der Waals surface area (Å²) in [7, 11) is 0.613. The van der Waals surface area contributed by atoms with Crippen LogP contribution in [0.2, 0.25) is 0 Å². The molecular formula is C31H43BrN2O5S. The van der Waals surface area contributed by atoms with Crippen molar-refractivity contribution >= 4 is 38.6 Å². The minimum Gasteiger partial charge on any atom is -0.493 e. The number of quaternary nitrogens is 1. The molecule has 40 heavy (non-hydrogen) atoms. The number of nitrogens with zero attached hydrogens (tertiary/aromatic N) is 1. The van der Waals surface area contributed by atoms with E-state index >= 15 is 0 Å². The first-order valence-electron chi connectivity index (χ1n) is 13.9. The highest BCUT2D eigenvalue weighted by Crippen LogP contribution is 2.64. The van der Waals surface area contributed by atoms with Gasteiger partial charge in [-0.15, -0.1) is 29.9 Å². The number of hydrogen-bond acceptors (Lipinski definition) is 5. The Morgan fingerprint density at radius 2 is 1.73 bits per heavy atom. The van der Waals surface area contributed by atoms with Crippen LogP contribution in [0.4, 0.5) is 0 Å². The van der Waals surface area contributed by atoms with Crippen molar-refractivity contribution in [3.8, 4) is 5.75 Å². The first-order valence-corrected chi connectivity index (χ1v) is 15.5. The van der Waals surface area contributed by atoms with E-state index in [9.17, 15) is 18.0 Å². The molecule has 2 aliphatic rings. The molecule has 0 spiro atoms. The lowest BCUT2D eigenvalue weighted by molar-refractivity contribution is -0.861. The van der Waals surface area contributed by atoms with E-state index in [1.165, 1.54) is 0 Å². The van der Waals surface area contributed by atoms with Gasteiger partial charge in [0.1, 0.15) is 11.5 Å². The van der Waals surface area contributed by atoms with Crippen LogP contribution in [0.3, 0.4) is 0 Å². The van der Waals surface area contributed by atoms with Crippen molar-refractivity contribution in [1.82, 2.24) is 4.72 Å². The number of nitrogens with one attached hydrogen (secondary N) is 1. The van der Waals surface area contributed by atoms with E-state index < -0.39 is 15.4 Å². The molecule has 0 aliphatic heterocycles. The lowest BCUT2D eigenvalue weighted by Gasteiger charge is -2.40. The molecule has 2 aromatic carbocycles. The molecule has 0 saturated heterocycles. The van der Waals surface area contributed by atoms with E-state index in [1.54, 1.807) is 24.3 Å². The quantitative estimate of drug-likeness (QED) is 0.133. The van der Waals surface area contributed by atoms with Gasteiger partial charge in [-0.25, -0.2) is 13.1 Å². The van der Waals surface area contributed by atoms with Gasteiger partial charge in [0.15, 0.2) is 5.78 Å². The summed E-state index contributed by atoms with van der Waals surface area (Å²) in [5.74, 6) is 1.04. The molecule has 0 aromatic heterocycles. The summed E-state index contributed by atoms with van der Waals surface area (Å²) in [4.78, 5) is 25.2. The van der Waals surface area contributed by atoms with Crippen molar-refractivity contribution in [1.29, 1.82) is 0 Å². The molecule has 2 bridgehead atoms. The highest BCUT2D eigenvalue weighted by atomic mass is 79.9. The van der Waals surface area contributed by atoms with Crippen molar-refractivity contribution in [3.05, 3.63) is 72.3 Å². The summed E-state index contributed by atoms with van der Waals surface area (Å²) in [6.45, 7) is 7.92. The summed E-state index contributed by atoms with van der Waals surface area (Å²) in [6.07, 6.45) is 3.55. The maximum atomic E-state index is 12.9. The zero-order chi connectivity index (χ0) is 28.3. The van der Waals surface area contributed by atoms with Crippen molar-refractivity contribution < 1.29 is 27.2 Å². The Kier molecular flexibility index (Phi) is 10.4. The third-order valence-electron chi connectivity index (χ3n) is 8.97. The largest absolute Gasteiger partial charge is 0.493 e. The molecular weight excluding hydrogens is 592 g/mol. The maximum Gasteiger partial charge on any atom is 0.212 e. The number of rotatable bonds is 14. The van der Waals surface area contributed by atoms with E-state index in [0.717, 1.165) is 25.1 Å². The Bertz CT molecular complexity index is 1280. The number of carbonyl (C=O) groups is 2. The number of benzene rings is 2. The van der Waals surface area contributed by atoms with E-state index in [-0.39, 0.29) is 39.7 Å². The molecule has 2 fully saturated rings. The van der Waals surface area contributed by atoms with Gasteiger partial charge in [-0.05, 0) is 55.0 Å².